The van der Waals surface area contributed by atoms with Gasteiger partial charge >= 0.3 is 5.97 Å². The first-order valence-corrected chi connectivity index (χ1v) is 8.85. The maximum Gasteiger partial charge on any atom is 0.326 e. The van der Waals surface area contributed by atoms with Crippen LogP contribution in [0.5, 0.6) is 0 Å². The molecule has 7 N–H and O–H groups in total. The van der Waals surface area contributed by atoms with Crippen molar-refractivity contribution in [2.45, 2.75) is 44.8 Å². The Hall–Kier alpha value is -1.81. The summed E-state index contributed by atoms with van der Waals surface area (Å²) in [6.07, 6.45) is 1.60. The number of carbonyl (C=O) groups is 4. The summed E-state index contributed by atoms with van der Waals surface area (Å²) in [7, 11) is 0. The van der Waals surface area contributed by atoms with Gasteiger partial charge in [0.2, 0.25) is 17.7 Å². The highest BCUT2D eigenvalue weighted by atomic mass is 32.2. The van der Waals surface area contributed by atoms with E-state index < -0.39 is 48.2 Å². The molecule has 0 aromatic heterocycles. The predicted octanol–water partition coefficient (Wildman–Crippen LogP) is -1.35. The number of primary amides is 1. The molecule has 138 valence electrons. The van der Waals surface area contributed by atoms with Gasteiger partial charge in [0.15, 0.2) is 0 Å². The smallest absolute Gasteiger partial charge is 0.326 e. The molecular formula is C14H26N4O5S. The van der Waals surface area contributed by atoms with Crippen LogP contribution in [0.15, 0.2) is 0 Å². The van der Waals surface area contributed by atoms with Gasteiger partial charge in [0.05, 0.1) is 12.5 Å². The lowest BCUT2D eigenvalue weighted by Crippen LogP contribution is -2.55. The lowest BCUT2D eigenvalue weighted by molar-refractivity contribution is -0.143. The minimum Gasteiger partial charge on any atom is -0.480 e. The number of hydrogen-bond acceptors (Lipinski definition) is 6. The molecule has 0 fully saturated rings. The van der Waals surface area contributed by atoms with E-state index in [-0.39, 0.29) is 5.92 Å². The van der Waals surface area contributed by atoms with E-state index in [1.165, 1.54) is 11.8 Å². The standard InChI is InChI=1S/C14H26N4O5S/c1-7(2)11(16)13(21)17-8(4-5-24-3)12(20)18-9(14(22)23)6-10(15)19/h7-9,11H,4-6,16H2,1-3H3,(H2,15,19)(H,17,21)(H,18,20)(H,22,23)/t8-,9-,11-/m0/s1. The highest BCUT2D eigenvalue weighted by molar-refractivity contribution is 7.98. The van der Waals surface area contributed by atoms with Crippen LogP contribution in [-0.4, -0.2) is 58.9 Å². The van der Waals surface area contributed by atoms with Crippen LogP contribution in [0.3, 0.4) is 0 Å². The van der Waals surface area contributed by atoms with Crippen molar-refractivity contribution in [3.8, 4) is 0 Å². The largest absolute Gasteiger partial charge is 0.480 e. The number of nitrogens with one attached hydrogen (secondary N) is 2. The van der Waals surface area contributed by atoms with Crippen LogP contribution < -0.4 is 22.1 Å². The van der Waals surface area contributed by atoms with Crippen LogP contribution in [0.4, 0.5) is 0 Å². The number of hydrogen-bond donors (Lipinski definition) is 5. The minimum atomic E-state index is -1.44. The molecule has 0 aliphatic rings. The van der Waals surface area contributed by atoms with E-state index >= 15 is 0 Å². The van der Waals surface area contributed by atoms with Gasteiger partial charge in [-0.3, -0.25) is 14.4 Å². The molecule has 0 aliphatic heterocycles. The second-order valence-corrected chi connectivity index (χ2v) is 6.67. The molecular weight excluding hydrogens is 336 g/mol. The number of rotatable bonds is 11. The van der Waals surface area contributed by atoms with Crippen LogP contribution in [0, 0.1) is 5.92 Å². The van der Waals surface area contributed by atoms with Crippen molar-refractivity contribution in [2.24, 2.45) is 17.4 Å². The van der Waals surface area contributed by atoms with Gasteiger partial charge in [0.1, 0.15) is 12.1 Å². The maximum absolute atomic E-state index is 12.3. The zero-order valence-corrected chi connectivity index (χ0v) is 14.9. The van der Waals surface area contributed by atoms with Crippen LogP contribution in [-0.2, 0) is 19.2 Å². The Morgan fingerprint density at radius 1 is 1.08 bits per heavy atom. The number of amides is 3. The number of thioether (sulfide) groups is 1. The fraction of sp³-hybridized carbons (Fsp3) is 0.714. The van der Waals surface area contributed by atoms with Crippen molar-refractivity contribution >= 4 is 35.5 Å². The normalized spacial score (nSPS) is 14.5. The third-order valence-electron chi connectivity index (χ3n) is 3.28. The second-order valence-electron chi connectivity index (χ2n) is 5.68. The second kappa shape index (κ2) is 10.9. The number of carboxylic acids is 1. The molecule has 3 amide bonds. The SMILES string of the molecule is CSCC[C@H](NC(=O)[C@@H](N)C(C)C)C(=O)N[C@@H](CC(N)=O)C(=O)O. The number of carbonyl (C=O) groups excluding carboxylic acids is 3. The Balaban J connectivity index is 5.00. The number of carboxylic acid groups (broad SMARTS) is 1. The summed E-state index contributed by atoms with van der Waals surface area (Å²) in [6.45, 7) is 3.54. The molecule has 0 saturated carbocycles. The number of nitrogens with two attached hydrogens (primary N) is 2. The van der Waals surface area contributed by atoms with Crippen molar-refractivity contribution in [1.29, 1.82) is 0 Å². The van der Waals surface area contributed by atoms with E-state index in [9.17, 15) is 19.2 Å². The molecule has 0 saturated heterocycles. The molecule has 0 heterocycles. The van der Waals surface area contributed by atoms with Crippen LogP contribution in [0.1, 0.15) is 26.7 Å². The van der Waals surface area contributed by atoms with Gasteiger partial charge in [0.25, 0.3) is 0 Å². The summed E-state index contributed by atoms with van der Waals surface area (Å²) < 4.78 is 0. The van der Waals surface area contributed by atoms with Crippen molar-refractivity contribution < 1.29 is 24.3 Å². The van der Waals surface area contributed by atoms with Crippen LogP contribution in [0.2, 0.25) is 0 Å². The summed E-state index contributed by atoms with van der Waals surface area (Å²) in [5.41, 5.74) is 10.7. The molecule has 0 unspecified atom stereocenters. The molecule has 0 aromatic carbocycles. The van der Waals surface area contributed by atoms with E-state index in [2.05, 4.69) is 10.6 Å². The van der Waals surface area contributed by atoms with E-state index in [0.29, 0.717) is 12.2 Å². The molecule has 9 nitrogen and oxygen atoms in total. The summed E-state index contributed by atoms with van der Waals surface area (Å²) in [5.74, 6) is -2.96. The first-order chi connectivity index (χ1) is 11.1. The van der Waals surface area contributed by atoms with E-state index in [4.69, 9.17) is 16.6 Å². The molecule has 0 bridgehead atoms. The molecule has 0 spiro atoms. The monoisotopic (exact) mass is 362 g/mol. The van der Waals surface area contributed by atoms with Gasteiger partial charge in [-0.15, -0.1) is 0 Å². The third kappa shape index (κ3) is 8.16. The van der Waals surface area contributed by atoms with Gasteiger partial charge in [-0.05, 0) is 24.3 Å². The van der Waals surface area contributed by atoms with Gasteiger partial charge < -0.3 is 27.2 Å². The van der Waals surface area contributed by atoms with E-state index in [1.807, 2.05) is 6.26 Å². The summed E-state index contributed by atoms with van der Waals surface area (Å²) >= 11 is 1.47. The summed E-state index contributed by atoms with van der Waals surface area (Å²) in [6, 6.07) is -3.16. The summed E-state index contributed by atoms with van der Waals surface area (Å²) in [4.78, 5) is 46.3. The minimum absolute atomic E-state index is 0.115. The Bertz CT molecular complexity index is 472. The maximum atomic E-state index is 12.3. The molecule has 0 aromatic rings. The highest BCUT2D eigenvalue weighted by Gasteiger charge is 2.29. The Morgan fingerprint density at radius 3 is 2.04 bits per heavy atom. The first-order valence-electron chi connectivity index (χ1n) is 7.46. The zero-order valence-electron chi connectivity index (χ0n) is 14.1. The van der Waals surface area contributed by atoms with Gasteiger partial charge in [-0.2, -0.15) is 11.8 Å². The molecule has 24 heavy (non-hydrogen) atoms. The lowest BCUT2D eigenvalue weighted by atomic mass is 10.0. The topological polar surface area (TPSA) is 165 Å². The predicted molar refractivity (Wildman–Crippen MR) is 91.1 cm³/mol. The lowest BCUT2D eigenvalue weighted by Gasteiger charge is -2.23. The van der Waals surface area contributed by atoms with Crippen molar-refractivity contribution in [3.63, 3.8) is 0 Å². The molecule has 3 atom stereocenters. The fourth-order valence-electron chi connectivity index (χ4n) is 1.75. The third-order valence-corrected chi connectivity index (χ3v) is 3.93. The van der Waals surface area contributed by atoms with E-state index in [1.54, 1.807) is 13.8 Å². The van der Waals surface area contributed by atoms with Gasteiger partial charge in [-0.1, -0.05) is 13.8 Å². The molecule has 10 heteroatoms. The fourth-order valence-corrected chi connectivity index (χ4v) is 2.22. The average molecular weight is 362 g/mol. The molecule has 0 aliphatic carbocycles. The quantitative estimate of drug-likeness (QED) is 0.303. The van der Waals surface area contributed by atoms with Gasteiger partial charge in [0, 0.05) is 0 Å². The molecule has 0 radical (unpaired) electrons. The highest BCUT2D eigenvalue weighted by Crippen LogP contribution is 2.05. The van der Waals surface area contributed by atoms with Crippen molar-refractivity contribution in [2.75, 3.05) is 12.0 Å². The summed E-state index contributed by atoms with van der Waals surface area (Å²) in [5, 5.41) is 13.8. The van der Waals surface area contributed by atoms with Crippen molar-refractivity contribution in [3.05, 3.63) is 0 Å². The van der Waals surface area contributed by atoms with Crippen LogP contribution >= 0.6 is 11.8 Å². The van der Waals surface area contributed by atoms with E-state index in [0.717, 1.165) is 0 Å². The average Bonchev–Trinajstić information content (AvgIpc) is 2.48. The van der Waals surface area contributed by atoms with Crippen LogP contribution in [0.25, 0.3) is 0 Å². The molecule has 0 rings (SSSR count). The first kappa shape index (κ1) is 22.2. The Labute approximate surface area is 145 Å². The zero-order chi connectivity index (χ0) is 18.9. The Kier molecular flexibility index (Phi) is 10.0. The van der Waals surface area contributed by atoms with Crippen molar-refractivity contribution in [1.82, 2.24) is 10.6 Å². The van der Waals surface area contributed by atoms with Gasteiger partial charge in [-0.25, -0.2) is 4.79 Å². The Morgan fingerprint density at radius 2 is 1.62 bits per heavy atom. The number of aliphatic carboxylic acids is 1.